The Morgan fingerprint density at radius 2 is 2.11 bits per heavy atom. The van der Waals surface area contributed by atoms with Crippen LogP contribution in [0.25, 0.3) is 0 Å². The molecular formula is C12H11Cl3O3. The van der Waals surface area contributed by atoms with Crippen molar-refractivity contribution < 1.29 is 14.3 Å². The smallest absolute Gasteiger partial charge is 0.364 e. The van der Waals surface area contributed by atoms with Crippen LogP contribution in [0.4, 0.5) is 0 Å². The van der Waals surface area contributed by atoms with Crippen molar-refractivity contribution >= 4 is 40.8 Å². The van der Waals surface area contributed by atoms with Gasteiger partial charge in [-0.15, -0.1) is 6.58 Å². The molecule has 0 fully saturated rings. The summed E-state index contributed by atoms with van der Waals surface area (Å²) < 4.78 is 8.05. The molecule has 6 heteroatoms. The highest BCUT2D eigenvalue weighted by Crippen LogP contribution is 2.35. The summed E-state index contributed by atoms with van der Waals surface area (Å²) in [4.78, 5) is 11.6. The van der Waals surface area contributed by atoms with Crippen molar-refractivity contribution in [2.45, 2.75) is 10.2 Å². The predicted octanol–water partition coefficient (Wildman–Crippen LogP) is 3.70. The maximum Gasteiger partial charge on any atom is 0.364 e. The van der Waals surface area contributed by atoms with Gasteiger partial charge in [0.1, 0.15) is 0 Å². The second-order valence-electron chi connectivity index (χ2n) is 3.33. The summed E-state index contributed by atoms with van der Waals surface area (Å²) in [6, 6.07) is 5.18. The summed E-state index contributed by atoms with van der Waals surface area (Å²) in [6.45, 7) is 3.62. The van der Waals surface area contributed by atoms with E-state index in [2.05, 4.69) is 6.58 Å². The number of hydrogen-bond donors (Lipinski definition) is 0. The molecule has 0 heterocycles. The van der Waals surface area contributed by atoms with Crippen LogP contribution < -0.4 is 9.47 Å². The summed E-state index contributed by atoms with van der Waals surface area (Å²) in [5.74, 6) is -0.365. The molecule has 1 rings (SSSR count). The third-order valence-electron chi connectivity index (χ3n) is 2.07. The molecule has 0 aromatic heterocycles. The van der Waals surface area contributed by atoms with Crippen molar-refractivity contribution in [2.24, 2.45) is 0 Å². The predicted molar refractivity (Wildman–Crippen MR) is 72.8 cm³/mol. The normalized spacial score (nSPS) is 10.9. The summed E-state index contributed by atoms with van der Waals surface area (Å²) in [5, 5.41) is 0. The molecule has 0 atom stereocenters. The van der Waals surface area contributed by atoms with E-state index in [-0.39, 0.29) is 5.75 Å². The van der Waals surface area contributed by atoms with E-state index in [1.165, 1.54) is 7.11 Å². The van der Waals surface area contributed by atoms with Gasteiger partial charge in [0.05, 0.1) is 7.11 Å². The SMILES string of the molecule is C=CCc1cccc(OC)c1OC(=O)C(Cl)(Cl)Cl. The van der Waals surface area contributed by atoms with Gasteiger partial charge in [0.15, 0.2) is 11.5 Å². The molecule has 18 heavy (non-hydrogen) atoms. The number of methoxy groups -OCH3 is 1. The van der Waals surface area contributed by atoms with Crippen molar-refractivity contribution in [1.82, 2.24) is 0 Å². The standard InChI is InChI=1S/C12H11Cl3O3/c1-3-5-8-6-4-7-9(17-2)10(8)18-11(16)12(13,14)15/h3-4,6-7H,1,5H2,2H3. The zero-order valence-corrected chi connectivity index (χ0v) is 11.9. The highest BCUT2D eigenvalue weighted by molar-refractivity contribution is 6.75. The second-order valence-corrected chi connectivity index (χ2v) is 5.61. The molecule has 1 aromatic rings. The molecule has 0 spiro atoms. The first kappa shape index (κ1) is 15.2. The minimum Gasteiger partial charge on any atom is -0.493 e. The van der Waals surface area contributed by atoms with Crippen molar-refractivity contribution in [3.63, 3.8) is 0 Å². The van der Waals surface area contributed by atoms with Gasteiger partial charge in [-0.1, -0.05) is 53.0 Å². The highest BCUT2D eigenvalue weighted by atomic mass is 35.6. The molecule has 0 bridgehead atoms. The van der Waals surface area contributed by atoms with Crippen LogP contribution in [0.2, 0.25) is 0 Å². The lowest BCUT2D eigenvalue weighted by atomic mass is 10.1. The molecule has 98 valence electrons. The molecule has 0 N–H and O–H groups in total. The molecular weight excluding hydrogens is 298 g/mol. The number of rotatable bonds is 4. The van der Waals surface area contributed by atoms with Crippen molar-refractivity contribution in [3.8, 4) is 11.5 Å². The number of para-hydroxylation sites is 1. The molecule has 0 saturated carbocycles. The van der Waals surface area contributed by atoms with E-state index < -0.39 is 9.76 Å². The fourth-order valence-electron chi connectivity index (χ4n) is 1.30. The largest absolute Gasteiger partial charge is 0.493 e. The lowest BCUT2D eigenvalue weighted by Crippen LogP contribution is -2.25. The number of carbonyl (C=O) groups is 1. The van der Waals surface area contributed by atoms with Gasteiger partial charge < -0.3 is 9.47 Å². The molecule has 0 amide bonds. The van der Waals surface area contributed by atoms with Crippen LogP contribution in [0, 0.1) is 0 Å². The number of esters is 1. The van der Waals surface area contributed by atoms with Gasteiger partial charge in [0.2, 0.25) is 0 Å². The van der Waals surface area contributed by atoms with Gasteiger partial charge in [-0.05, 0) is 12.5 Å². The summed E-state index contributed by atoms with van der Waals surface area (Å²) in [5.41, 5.74) is 0.715. The zero-order valence-electron chi connectivity index (χ0n) is 9.58. The van der Waals surface area contributed by atoms with Crippen molar-refractivity contribution in [2.75, 3.05) is 7.11 Å². The van der Waals surface area contributed by atoms with E-state index in [0.717, 1.165) is 0 Å². The monoisotopic (exact) mass is 308 g/mol. The minimum atomic E-state index is -2.13. The Kier molecular flexibility index (Phi) is 5.32. The van der Waals surface area contributed by atoms with Gasteiger partial charge in [-0.3, -0.25) is 0 Å². The molecule has 0 aliphatic carbocycles. The van der Waals surface area contributed by atoms with Crippen LogP contribution in [0.3, 0.4) is 0 Å². The van der Waals surface area contributed by atoms with Gasteiger partial charge >= 0.3 is 5.97 Å². The van der Waals surface area contributed by atoms with E-state index in [1.54, 1.807) is 24.3 Å². The van der Waals surface area contributed by atoms with Crippen LogP contribution >= 0.6 is 34.8 Å². The summed E-state index contributed by atoms with van der Waals surface area (Å²) in [7, 11) is 1.46. The number of alkyl halides is 3. The number of benzene rings is 1. The number of ether oxygens (including phenoxy) is 2. The Labute approximate surface area is 120 Å². The molecule has 0 saturated heterocycles. The molecule has 0 aliphatic rings. The highest BCUT2D eigenvalue weighted by Gasteiger charge is 2.34. The maximum atomic E-state index is 11.6. The third-order valence-corrected chi connectivity index (χ3v) is 2.53. The van der Waals surface area contributed by atoms with Gasteiger partial charge in [-0.2, -0.15) is 0 Å². The van der Waals surface area contributed by atoms with Crippen LogP contribution in [0.15, 0.2) is 30.9 Å². The lowest BCUT2D eigenvalue weighted by Gasteiger charge is -2.15. The number of halogens is 3. The van der Waals surface area contributed by atoms with Gasteiger partial charge in [0, 0.05) is 5.56 Å². The van der Waals surface area contributed by atoms with Crippen LogP contribution in [0.1, 0.15) is 5.56 Å². The number of hydrogen-bond acceptors (Lipinski definition) is 3. The Hall–Kier alpha value is -0.900. The number of carbonyl (C=O) groups excluding carboxylic acids is 1. The lowest BCUT2D eigenvalue weighted by molar-refractivity contribution is -0.133. The van der Waals surface area contributed by atoms with Crippen LogP contribution in [-0.2, 0) is 11.2 Å². The fourth-order valence-corrected chi connectivity index (χ4v) is 1.42. The van der Waals surface area contributed by atoms with Gasteiger partial charge in [0.25, 0.3) is 3.79 Å². The van der Waals surface area contributed by atoms with E-state index in [1.807, 2.05) is 0 Å². The summed E-state index contributed by atoms with van der Waals surface area (Å²) >= 11 is 16.4. The first-order chi connectivity index (χ1) is 8.40. The fraction of sp³-hybridized carbons (Fsp3) is 0.250. The van der Waals surface area contributed by atoms with E-state index in [9.17, 15) is 4.79 Å². The van der Waals surface area contributed by atoms with E-state index >= 15 is 0 Å². The molecule has 0 radical (unpaired) electrons. The number of allylic oxidation sites excluding steroid dienone is 1. The molecule has 3 nitrogen and oxygen atoms in total. The maximum absolute atomic E-state index is 11.6. The van der Waals surface area contributed by atoms with Gasteiger partial charge in [-0.25, -0.2) is 4.79 Å². The molecule has 1 aromatic carbocycles. The second kappa shape index (κ2) is 6.32. The Morgan fingerprint density at radius 1 is 1.44 bits per heavy atom. The van der Waals surface area contributed by atoms with E-state index in [0.29, 0.717) is 17.7 Å². The molecule has 0 unspecified atom stereocenters. The first-order valence-electron chi connectivity index (χ1n) is 4.96. The topological polar surface area (TPSA) is 35.5 Å². The third kappa shape index (κ3) is 3.80. The average molecular weight is 310 g/mol. The molecule has 0 aliphatic heterocycles. The van der Waals surface area contributed by atoms with Crippen molar-refractivity contribution in [1.29, 1.82) is 0 Å². The van der Waals surface area contributed by atoms with E-state index in [4.69, 9.17) is 44.3 Å². The Bertz CT molecular complexity index is 452. The first-order valence-corrected chi connectivity index (χ1v) is 6.09. The Morgan fingerprint density at radius 3 is 2.61 bits per heavy atom. The quantitative estimate of drug-likeness (QED) is 0.368. The Balaban J connectivity index is 3.12. The zero-order chi connectivity index (χ0) is 13.8. The van der Waals surface area contributed by atoms with Crippen LogP contribution in [-0.4, -0.2) is 16.9 Å². The average Bonchev–Trinajstić information content (AvgIpc) is 2.30. The van der Waals surface area contributed by atoms with Crippen LogP contribution in [0.5, 0.6) is 11.5 Å². The summed E-state index contributed by atoms with van der Waals surface area (Å²) in [6.07, 6.45) is 2.17. The van der Waals surface area contributed by atoms with Crippen molar-refractivity contribution in [3.05, 3.63) is 36.4 Å². The minimum absolute atomic E-state index is 0.233.